The minimum atomic E-state index is -0.326. The zero-order valence-electron chi connectivity index (χ0n) is 8.19. The summed E-state index contributed by atoms with van der Waals surface area (Å²) in [6.07, 6.45) is 0. The molecular weight excluding hydrogens is 186 g/mol. The number of urea groups is 1. The Labute approximate surface area is 82.5 Å². The second-order valence-electron chi connectivity index (χ2n) is 3.23. The van der Waals surface area contributed by atoms with E-state index in [1.807, 2.05) is 11.9 Å². The first-order valence-electron chi connectivity index (χ1n) is 4.52. The van der Waals surface area contributed by atoms with Gasteiger partial charge >= 0.3 is 6.03 Å². The quantitative estimate of drug-likeness (QED) is 0.529. The summed E-state index contributed by atoms with van der Waals surface area (Å²) in [5, 5.41) is 11.1. The number of aliphatic hydroxyl groups excluding tert-OH is 1. The molecule has 6 heteroatoms. The van der Waals surface area contributed by atoms with Crippen LogP contribution in [0, 0.1) is 0 Å². The fraction of sp³-hybridized carbons (Fsp3) is 0.750. The van der Waals surface area contributed by atoms with E-state index in [4.69, 9.17) is 5.11 Å². The van der Waals surface area contributed by atoms with Gasteiger partial charge in [0.2, 0.25) is 5.91 Å². The minimum Gasteiger partial charge on any atom is -0.395 e. The number of aliphatic hydroxyl groups is 1. The van der Waals surface area contributed by atoms with Crippen LogP contribution < -0.4 is 5.32 Å². The van der Waals surface area contributed by atoms with E-state index < -0.39 is 0 Å². The van der Waals surface area contributed by atoms with Crippen LogP contribution >= 0.6 is 0 Å². The van der Waals surface area contributed by atoms with Crippen molar-refractivity contribution in [3.05, 3.63) is 0 Å². The molecule has 3 amide bonds. The SMILES string of the molecule is CN(CCO)CCN1C(=O)CNC1=O. The summed E-state index contributed by atoms with van der Waals surface area (Å²) in [5.74, 6) is -0.188. The monoisotopic (exact) mass is 201 g/mol. The Hall–Kier alpha value is -1.14. The topological polar surface area (TPSA) is 72.9 Å². The Morgan fingerprint density at radius 2 is 2.21 bits per heavy atom. The molecule has 0 bridgehead atoms. The average molecular weight is 201 g/mol. The van der Waals surface area contributed by atoms with Crippen molar-refractivity contribution in [2.75, 3.05) is 39.8 Å². The molecule has 0 aromatic heterocycles. The van der Waals surface area contributed by atoms with Gasteiger partial charge in [-0.1, -0.05) is 0 Å². The molecule has 1 heterocycles. The maximum absolute atomic E-state index is 11.1. The second kappa shape index (κ2) is 4.92. The number of carbonyl (C=O) groups is 2. The normalized spacial score (nSPS) is 16.6. The Bertz CT molecular complexity index is 216. The van der Waals surface area contributed by atoms with Crippen molar-refractivity contribution in [3.8, 4) is 0 Å². The van der Waals surface area contributed by atoms with Gasteiger partial charge in [-0.3, -0.25) is 9.69 Å². The molecule has 1 saturated heterocycles. The summed E-state index contributed by atoms with van der Waals surface area (Å²) < 4.78 is 0. The van der Waals surface area contributed by atoms with Crippen molar-refractivity contribution in [1.82, 2.24) is 15.1 Å². The summed E-state index contributed by atoms with van der Waals surface area (Å²) in [7, 11) is 1.83. The largest absolute Gasteiger partial charge is 0.395 e. The number of hydrogen-bond acceptors (Lipinski definition) is 4. The first-order valence-corrected chi connectivity index (χ1v) is 4.52. The van der Waals surface area contributed by atoms with Crippen LogP contribution in [0.3, 0.4) is 0 Å². The number of likely N-dealkylation sites (N-methyl/N-ethyl adjacent to an activating group) is 1. The number of imide groups is 1. The van der Waals surface area contributed by atoms with Crippen LogP contribution in [0.1, 0.15) is 0 Å². The lowest BCUT2D eigenvalue weighted by atomic mass is 10.4. The van der Waals surface area contributed by atoms with E-state index in [0.717, 1.165) is 0 Å². The predicted octanol–water partition coefficient (Wildman–Crippen LogP) is -1.54. The van der Waals surface area contributed by atoms with Crippen molar-refractivity contribution in [1.29, 1.82) is 0 Å². The van der Waals surface area contributed by atoms with Gasteiger partial charge in [-0.2, -0.15) is 0 Å². The highest BCUT2D eigenvalue weighted by Gasteiger charge is 2.27. The average Bonchev–Trinajstić information content (AvgIpc) is 2.44. The Kier molecular flexibility index (Phi) is 3.84. The van der Waals surface area contributed by atoms with Gasteiger partial charge in [-0.05, 0) is 7.05 Å². The Balaban J connectivity index is 2.30. The van der Waals surface area contributed by atoms with Gasteiger partial charge in [-0.15, -0.1) is 0 Å². The minimum absolute atomic E-state index is 0.0800. The van der Waals surface area contributed by atoms with Gasteiger partial charge in [0.05, 0.1) is 13.2 Å². The standard InChI is InChI=1S/C8H15N3O3/c1-10(4-5-12)2-3-11-7(13)6-9-8(11)14/h12H,2-6H2,1H3,(H,9,14). The fourth-order valence-electron chi connectivity index (χ4n) is 1.23. The Morgan fingerprint density at radius 3 is 2.71 bits per heavy atom. The highest BCUT2D eigenvalue weighted by molar-refractivity contribution is 6.01. The van der Waals surface area contributed by atoms with Crippen LogP contribution in [-0.4, -0.2) is 66.7 Å². The highest BCUT2D eigenvalue weighted by Crippen LogP contribution is 1.98. The molecule has 1 rings (SSSR count). The predicted molar refractivity (Wildman–Crippen MR) is 49.7 cm³/mol. The summed E-state index contributed by atoms with van der Waals surface area (Å²) >= 11 is 0. The molecular formula is C8H15N3O3. The van der Waals surface area contributed by atoms with E-state index in [9.17, 15) is 9.59 Å². The zero-order chi connectivity index (χ0) is 10.6. The molecule has 0 spiro atoms. The van der Waals surface area contributed by atoms with Crippen LogP contribution in [-0.2, 0) is 4.79 Å². The van der Waals surface area contributed by atoms with Crippen molar-refractivity contribution in [2.45, 2.75) is 0 Å². The lowest BCUT2D eigenvalue weighted by Crippen LogP contribution is -2.38. The van der Waals surface area contributed by atoms with Gasteiger partial charge in [0.25, 0.3) is 0 Å². The van der Waals surface area contributed by atoms with Crippen LogP contribution in [0.15, 0.2) is 0 Å². The third kappa shape index (κ3) is 2.68. The maximum Gasteiger partial charge on any atom is 0.324 e. The van der Waals surface area contributed by atoms with Gasteiger partial charge in [0.1, 0.15) is 0 Å². The lowest BCUT2D eigenvalue weighted by Gasteiger charge is -2.18. The first-order chi connectivity index (χ1) is 6.65. The van der Waals surface area contributed by atoms with E-state index >= 15 is 0 Å². The Morgan fingerprint density at radius 1 is 1.50 bits per heavy atom. The second-order valence-corrected chi connectivity index (χ2v) is 3.23. The van der Waals surface area contributed by atoms with Crippen molar-refractivity contribution >= 4 is 11.9 Å². The number of amides is 3. The molecule has 0 unspecified atom stereocenters. The third-order valence-corrected chi connectivity index (χ3v) is 2.12. The van der Waals surface area contributed by atoms with Gasteiger partial charge in [0, 0.05) is 19.6 Å². The van der Waals surface area contributed by atoms with Crippen molar-refractivity contribution in [2.24, 2.45) is 0 Å². The highest BCUT2D eigenvalue weighted by atomic mass is 16.3. The molecule has 0 aliphatic carbocycles. The molecule has 1 fully saturated rings. The summed E-state index contributed by atoms with van der Waals surface area (Å²) in [6.45, 7) is 1.68. The van der Waals surface area contributed by atoms with Crippen LogP contribution in [0.5, 0.6) is 0 Å². The number of nitrogens with zero attached hydrogens (tertiary/aromatic N) is 2. The van der Waals surface area contributed by atoms with Crippen molar-refractivity contribution in [3.63, 3.8) is 0 Å². The summed E-state index contributed by atoms with van der Waals surface area (Å²) in [6, 6.07) is -0.326. The molecule has 14 heavy (non-hydrogen) atoms. The van der Waals surface area contributed by atoms with Crippen LogP contribution in [0.2, 0.25) is 0 Å². The third-order valence-electron chi connectivity index (χ3n) is 2.12. The molecule has 0 saturated carbocycles. The molecule has 0 atom stereocenters. The first kappa shape index (κ1) is 10.9. The number of hydrogen-bond donors (Lipinski definition) is 2. The molecule has 0 radical (unpaired) electrons. The molecule has 1 aliphatic rings. The smallest absolute Gasteiger partial charge is 0.324 e. The van der Waals surface area contributed by atoms with Gasteiger partial charge < -0.3 is 15.3 Å². The van der Waals surface area contributed by atoms with Gasteiger partial charge in [0.15, 0.2) is 0 Å². The molecule has 6 nitrogen and oxygen atoms in total. The maximum atomic E-state index is 11.1. The zero-order valence-corrected chi connectivity index (χ0v) is 8.19. The van der Waals surface area contributed by atoms with E-state index in [1.165, 1.54) is 4.90 Å². The van der Waals surface area contributed by atoms with Crippen LogP contribution in [0.4, 0.5) is 4.79 Å². The molecule has 0 aromatic carbocycles. The number of nitrogens with one attached hydrogen (secondary N) is 1. The molecule has 2 N–H and O–H groups in total. The number of rotatable bonds is 5. The van der Waals surface area contributed by atoms with Crippen molar-refractivity contribution < 1.29 is 14.7 Å². The summed E-state index contributed by atoms with van der Waals surface area (Å²) in [5.41, 5.74) is 0. The molecule has 1 aliphatic heterocycles. The van der Waals surface area contributed by atoms with Crippen LogP contribution in [0.25, 0.3) is 0 Å². The lowest BCUT2D eigenvalue weighted by molar-refractivity contribution is -0.125. The fourth-order valence-corrected chi connectivity index (χ4v) is 1.23. The molecule has 80 valence electrons. The van der Waals surface area contributed by atoms with E-state index in [-0.39, 0.29) is 25.1 Å². The van der Waals surface area contributed by atoms with E-state index in [2.05, 4.69) is 5.32 Å². The van der Waals surface area contributed by atoms with Gasteiger partial charge in [-0.25, -0.2) is 4.79 Å². The van der Waals surface area contributed by atoms with E-state index in [0.29, 0.717) is 19.6 Å². The van der Waals surface area contributed by atoms with E-state index in [1.54, 1.807) is 0 Å². The number of carbonyl (C=O) groups excluding carboxylic acids is 2. The molecule has 0 aromatic rings. The summed E-state index contributed by atoms with van der Waals surface area (Å²) in [4.78, 5) is 25.3.